The summed E-state index contributed by atoms with van der Waals surface area (Å²) in [7, 11) is 0. The lowest BCUT2D eigenvalue weighted by Gasteiger charge is -2.24. The molecule has 2 amide bonds. The number of carbonyl (C=O) groups is 4. The first-order valence-corrected chi connectivity index (χ1v) is 8.59. The van der Waals surface area contributed by atoms with Gasteiger partial charge in [-0.3, -0.25) is 14.4 Å². The molecule has 0 radical (unpaired) electrons. The van der Waals surface area contributed by atoms with Gasteiger partial charge in [-0.05, 0) is 38.1 Å². The van der Waals surface area contributed by atoms with Gasteiger partial charge in [0.1, 0.15) is 12.1 Å². The molecule has 0 aromatic rings. The Morgan fingerprint density at radius 3 is 2.00 bits per heavy atom. The molecular weight excluding hydrogens is 344 g/mol. The molecule has 0 bridgehead atoms. The predicted octanol–water partition coefficient (Wildman–Crippen LogP) is -0.982. The first-order valence-electron chi connectivity index (χ1n) is 8.59. The predicted molar refractivity (Wildman–Crippen MR) is 94.1 cm³/mol. The molecule has 10 nitrogen and oxygen atoms in total. The van der Waals surface area contributed by atoms with Gasteiger partial charge in [0.15, 0.2) is 0 Å². The van der Waals surface area contributed by atoms with Gasteiger partial charge >= 0.3 is 11.9 Å². The van der Waals surface area contributed by atoms with Crippen LogP contribution in [0.15, 0.2) is 0 Å². The van der Waals surface area contributed by atoms with Crippen molar-refractivity contribution in [2.45, 2.75) is 64.1 Å². The fourth-order valence-corrected chi connectivity index (χ4v) is 2.28. The first kappa shape index (κ1) is 23.8. The van der Waals surface area contributed by atoms with Crippen LogP contribution >= 0.6 is 0 Å². The average Bonchev–Trinajstić information content (AvgIpc) is 2.51. The van der Waals surface area contributed by atoms with E-state index in [9.17, 15) is 24.3 Å². The summed E-state index contributed by atoms with van der Waals surface area (Å²) in [5.74, 6) is -3.80. The number of aliphatic carboxylic acids is 2. The van der Waals surface area contributed by atoms with E-state index in [1.54, 1.807) is 0 Å². The van der Waals surface area contributed by atoms with E-state index in [0.717, 1.165) is 0 Å². The van der Waals surface area contributed by atoms with E-state index in [1.807, 2.05) is 13.8 Å². The third-order valence-electron chi connectivity index (χ3n) is 3.63. The Bertz CT molecular complexity index is 497. The maximum Gasteiger partial charge on any atom is 0.326 e. The van der Waals surface area contributed by atoms with E-state index in [4.69, 9.17) is 16.6 Å². The van der Waals surface area contributed by atoms with E-state index in [-0.39, 0.29) is 18.8 Å². The number of nitrogens with one attached hydrogen (secondary N) is 2. The molecule has 0 spiro atoms. The number of nitrogens with two attached hydrogens (primary N) is 2. The molecular formula is C16H30N4O6. The number of hydrogen-bond acceptors (Lipinski definition) is 6. The van der Waals surface area contributed by atoms with Crippen LogP contribution in [0.4, 0.5) is 0 Å². The van der Waals surface area contributed by atoms with Gasteiger partial charge < -0.3 is 32.3 Å². The van der Waals surface area contributed by atoms with E-state index >= 15 is 0 Å². The van der Waals surface area contributed by atoms with Crippen LogP contribution in [0.5, 0.6) is 0 Å². The molecule has 150 valence electrons. The average molecular weight is 374 g/mol. The highest BCUT2D eigenvalue weighted by molar-refractivity contribution is 5.92. The normalized spacial score (nSPS) is 14.3. The molecule has 0 rings (SSSR count). The van der Waals surface area contributed by atoms with Gasteiger partial charge in [0.25, 0.3) is 0 Å². The molecule has 0 aromatic carbocycles. The van der Waals surface area contributed by atoms with Crippen LogP contribution in [-0.4, -0.2) is 58.6 Å². The van der Waals surface area contributed by atoms with E-state index < -0.39 is 48.3 Å². The van der Waals surface area contributed by atoms with Crippen molar-refractivity contribution in [2.24, 2.45) is 17.4 Å². The summed E-state index contributed by atoms with van der Waals surface area (Å²) in [6, 6.07) is -3.39. The molecule has 0 aliphatic heterocycles. The maximum atomic E-state index is 12.4. The molecule has 0 aromatic heterocycles. The molecule has 0 fully saturated rings. The monoisotopic (exact) mass is 374 g/mol. The Kier molecular flexibility index (Phi) is 11.2. The van der Waals surface area contributed by atoms with E-state index in [0.29, 0.717) is 19.4 Å². The number of rotatable bonds is 13. The Balaban J connectivity index is 4.97. The van der Waals surface area contributed by atoms with Crippen LogP contribution in [0.25, 0.3) is 0 Å². The minimum Gasteiger partial charge on any atom is -0.481 e. The van der Waals surface area contributed by atoms with Crippen molar-refractivity contribution in [3.8, 4) is 0 Å². The van der Waals surface area contributed by atoms with Crippen LogP contribution in [0.3, 0.4) is 0 Å². The number of carboxylic acid groups (broad SMARTS) is 2. The highest BCUT2D eigenvalue weighted by Crippen LogP contribution is 2.08. The molecule has 0 saturated carbocycles. The highest BCUT2D eigenvalue weighted by Gasteiger charge is 2.28. The summed E-state index contributed by atoms with van der Waals surface area (Å²) in [6.07, 6.45) is 1.08. The largest absolute Gasteiger partial charge is 0.481 e. The Morgan fingerprint density at radius 1 is 0.962 bits per heavy atom. The quantitative estimate of drug-likeness (QED) is 0.222. The fraction of sp³-hybridized carbons (Fsp3) is 0.750. The SMILES string of the molecule is CC(C)CC(NC(=O)C(N)CC(=O)O)C(=O)NC(CCCCN)C(=O)O. The van der Waals surface area contributed by atoms with Crippen molar-refractivity contribution >= 4 is 23.8 Å². The molecule has 26 heavy (non-hydrogen) atoms. The van der Waals surface area contributed by atoms with Crippen molar-refractivity contribution in [1.29, 1.82) is 0 Å². The number of carbonyl (C=O) groups excluding carboxylic acids is 2. The van der Waals surface area contributed by atoms with Crippen molar-refractivity contribution < 1.29 is 29.4 Å². The number of hydrogen-bond donors (Lipinski definition) is 6. The van der Waals surface area contributed by atoms with Crippen LogP contribution in [0.2, 0.25) is 0 Å². The Labute approximate surface area is 152 Å². The summed E-state index contributed by atoms with van der Waals surface area (Å²) in [6.45, 7) is 4.09. The molecule has 0 heterocycles. The molecule has 0 aliphatic rings. The van der Waals surface area contributed by atoms with Crippen molar-refractivity contribution in [2.75, 3.05) is 6.54 Å². The standard InChI is InChI=1S/C16H30N4O6/c1-9(2)7-12(20-14(23)10(18)8-13(21)22)15(24)19-11(16(25)26)5-3-4-6-17/h9-12H,3-8,17-18H2,1-2H3,(H,19,24)(H,20,23)(H,21,22)(H,25,26). The topological polar surface area (TPSA) is 185 Å². The molecule has 10 heteroatoms. The zero-order chi connectivity index (χ0) is 20.3. The summed E-state index contributed by atoms with van der Waals surface area (Å²) in [4.78, 5) is 46.4. The summed E-state index contributed by atoms with van der Waals surface area (Å²) >= 11 is 0. The van der Waals surface area contributed by atoms with Gasteiger partial charge in [-0.1, -0.05) is 13.8 Å². The smallest absolute Gasteiger partial charge is 0.326 e. The zero-order valence-corrected chi connectivity index (χ0v) is 15.2. The molecule has 3 unspecified atom stereocenters. The summed E-state index contributed by atoms with van der Waals surface area (Å²) < 4.78 is 0. The number of carboxylic acids is 2. The van der Waals surface area contributed by atoms with E-state index in [1.165, 1.54) is 0 Å². The summed E-state index contributed by atoms with van der Waals surface area (Å²) in [5.41, 5.74) is 10.9. The van der Waals surface area contributed by atoms with Crippen LogP contribution in [0, 0.1) is 5.92 Å². The van der Waals surface area contributed by atoms with Crippen molar-refractivity contribution in [3.05, 3.63) is 0 Å². The van der Waals surface area contributed by atoms with E-state index in [2.05, 4.69) is 10.6 Å². The maximum absolute atomic E-state index is 12.4. The second-order valence-corrected chi connectivity index (χ2v) is 6.58. The van der Waals surface area contributed by atoms with Crippen LogP contribution < -0.4 is 22.1 Å². The third-order valence-corrected chi connectivity index (χ3v) is 3.63. The van der Waals surface area contributed by atoms with Gasteiger partial charge in [-0.15, -0.1) is 0 Å². The Morgan fingerprint density at radius 2 is 1.54 bits per heavy atom. The summed E-state index contributed by atoms with van der Waals surface area (Å²) in [5, 5.41) is 22.8. The number of unbranched alkanes of at least 4 members (excludes halogenated alkanes) is 1. The van der Waals surface area contributed by atoms with Crippen LogP contribution in [-0.2, 0) is 19.2 Å². The first-order chi connectivity index (χ1) is 12.1. The second kappa shape index (κ2) is 12.2. The highest BCUT2D eigenvalue weighted by atomic mass is 16.4. The molecule has 0 saturated heterocycles. The Hall–Kier alpha value is -2.20. The van der Waals surface area contributed by atoms with Crippen molar-refractivity contribution in [1.82, 2.24) is 10.6 Å². The molecule has 8 N–H and O–H groups in total. The van der Waals surface area contributed by atoms with Gasteiger partial charge in [0.2, 0.25) is 11.8 Å². The fourth-order valence-electron chi connectivity index (χ4n) is 2.28. The molecule has 0 aliphatic carbocycles. The lowest BCUT2D eigenvalue weighted by Crippen LogP contribution is -2.55. The second-order valence-electron chi connectivity index (χ2n) is 6.58. The molecule has 3 atom stereocenters. The van der Waals surface area contributed by atoms with Gasteiger partial charge in [0.05, 0.1) is 12.5 Å². The lowest BCUT2D eigenvalue weighted by atomic mass is 10.0. The van der Waals surface area contributed by atoms with Crippen LogP contribution in [0.1, 0.15) is 46.0 Å². The number of amides is 2. The lowest BCUT2D eigenvalue weighted by molar-refractivity contribution is -0.143. The minimum absolute atomic E-state index is 0.0299. The zero-order valence-electron chi connectivity index (χ0n) is 15.2. The van der Waals surface area contributed by atoms with Gasteiger partial charge in [-0.25, -0.2) is 4.79 Å². The third kappa shape index (κ3) is 9.94. The minimum atomic E-state index is -1.30. The van der Waals surface area contributed by atoms with Crippen molar-refractivity contribution in [3.63, 3.8) is 0 Å². The van der Waals surface area contributed by atoms with Gasteiger partial charge in [0, 0.05) is 0 Å². The van der Waals surface area contributed by atoms with Gasteiger partial charge in [-0.2, -0.15) is 0 Å².